The molecule has 108 valence electrons. The zero-order chi connectivity index (χ0) is 15.1. The zero-order valence-corrected chi connectivity index (χ0v) is 13.1. The van der Waals surface area contributed by atoms with Crippen molar-refractivity contribution in [2.24, 2.45) is 5.10 Å². The van der Waals surface area contributed by atoms with Gasteiger partial charge in [-0.3, -0.25) is 9.78 Å². The highest BCUT2D eigenvalue weighted by Gasteiger charge is 2.05. The van der Waals surface area contributed by atoms with Crippen LogP contribution >= 0.6 is 27.5 Å². The third-order valence-corrected chi connectivity index (χ3v) is 3.18. The summed E-state index contributed by atoms with van der Waals surface area (Å²) < 4.78 is 6.03. The lowest BCUT2D eigenvalue weighted by Crippen LogP contribution is -2.24. The van der Waals surface area contributed by atoms with Gasteiger partial charge in [0.1, 0.15) is 5.75 Å². The number of nitrogens with zero attached hydrogens (tertiary/aromatic N) is 2. The molecule has 1 aromatic heterocycles. The molecule has 0 saturated heterocycles. The molecule has 1 aromatic carbocycles. The minimum absolute atomic E-state index is 0.153. The van der Waals surface area contributed by atoms with Crippen LogP contribution in [0.1, 0.15) is 5.69 Å². The minimum atomic E-state index is -0.371. The molecule has 0 aliphatic heterocycles. The van der Waals surface area contributed by atoms with Gasteiger partial charge >= 0.3 is 0 Å². The Hall–Kier alpha value is -1.92. The molecule has 0 bridgehead atoms. The van der Waals surface area contributed by atoms with E-state index in [9.17, 15) is 4.79 Å². The number of benzene rings is 1. The molecule has 0 saturated carbocycles. The molecule has 0 spiro atoms. The molecule has 21 heavy (non-hydrogen) atoms. The normalized spacial score (nSPS) is 10.6. The summed E-state index contributed by atoms with van der Waals surface area (Å²) in [6.07, 6.45) is 3.10. The second kappa shape index (κ2) is 7.75. The molecule has 2 rings (SSSR count). The number of rotatable bonds is 5. The number of carbonyl (C=O) groups is 1. The van der Waals surface area contributed by atoms with Crippen LogP contribution in [0.2, 0.25) is 5.02 Å². The molecule has 5 nitrogen and oxygen atoms in total. The van der Waals surface area contributed by atoms with Gasteiger partial charge in [0.05, 0.1) is 16.4 Å². The van der Waals surface area contributed by atoms with E-state index < -0.39 is 0 Å². The van der Waals surface area contributed by atoms with E-state index in [-0.39, 0.29) is 12.5 Å². The number of pyridine rings is 1. The smallest absolute Gasteiger partial charge is 0.277 e. The Morgan fingerprint density at radius 1 is 1.43 bits per heavy atom. The topological polar surface area (TPSA) is 63.6 Å². The van der Waals surface area contributed by atoms with Crippen molar-refractivity contribution >= 4 is 39.7 Å². The number of ether oxygens (including phenoxy) is 1. The average Bonchev–Trinajstić information content (AvgIpc) is 2.47. The van der Waals surface area contributed by atoms with E-state index in [2.05, 4.69) is 31.4 Å². The SMILES string of the molecule is O=C(COc1ccc(Cl)cc1Br)N/N=C/c1ccccn1. The molecule has 1 heterocycles. The maximum atomic E-state index is 11.6. The largest absolute Gasteiger partial charge is 0.483 e. The van der Waals surface area contributed by atoms with Gasteiger partial charge in [-0.25, -0.2) is 5.43 Å². The van der Waals surface area contributed by atoms with Crippen molar-refractivity contribution < 1.29 is 9.53 Å². The third kappa shape index (κ3) is 5.17. The predicted octanol–water partition coefficient (Wildman–Crippen LogP) is 3.03. The lowest BCUT2D eigenvalue weighted by Gasteiger charge is -2.07. The van der Waals surface area contributed by atoms with Crippen molar-refractivity contribution in [3.63, 3.8) is 0 Å². The molecule has 0 radical (unpaired) electrons. The van der Waals surface area contributed by atoms with Gasteiger partial charge in [-0.15, -0.1) is 0 Å². The zero-order valence-electron chi connectivity index (χ0n) is 10.8. The molecule has 0 unspecified atom stereocenters. The van der Waals surface area contributed by atoms with Gasteiger partial charge in [-0.2, -0.15) is 5.10 Å². The Kier molecular flexibility index (Phi) is 5.71. The molecule has 0 aliphatic rings. The quantitative estimate of drug-likeness (QED) is 0.652. The van der Waals surface area contributed by atoms with Crippen LogP contribution in [0, 0.1) is 0 Å². The van der Waals surface area contributed by atoms with E-state index in [1.807, 2.05) is 6.07 Å². The van der Waals surface area contributed by atoms with Crippen molar-refractivity contribution in [3.05, 3.63) is 57.8 Å². The highest BCUT2D eigenvalue weighted by atomic mass is 79.9. The third-order valence-electron chi connectivity index (χ3n) is 2.33. The van der Waals surface area contributed by atoms with Gasteiger partial charge in [-0.1, -0.05) is 17.7 Å². The highest BCUT2D eigenvalue weighted by Crippen LogP contribution is 2.27. The first kappa shape index (κ1) is 15.5. The molecule has 1 N–H and O–H groups in total. The number of halogens is 2. The summed E-state index contributed by atoms with van der Waals surface area (Å²) in [6, 6.07) is 10.5. The molecule has 2 aromatic rings. The number of hydrogen-bond acceptors (Lipinski definition) is 4. The van der Waals surface area contributed by atoms with Crippen LogP contribution in [0.3, 0.4) is 0 Å². The number of hydrazone groups is 1. The van der Waals surface area contributed by atoms with Crippen LogP contribution < -0.4 is 10.2 Å². The van der Waals surface area contributed by atoms with E-state index in [1.54, 1.807) is 36.5 Å². The number of amides is 1. The first-order valence-electron chi connectivity index (χ1n) is 5.96. The summed E-state index contributed by atoms with van der Waals surface area (Å²) in [6.45, 7) is -0.153. The summed E-state index contributed by atoms with van der Waals surface area (Å²) in [5.41, 5.74) is 3.01. The molecule has 0 fully saturated rings. The van der Waals surface area contributed by atoms with Gasteiger partial charge < -0.3 is 4.74 Å². The number of carbonyl (C=O) groups excluding carboxylic acids is 1. The van der Waals surface area contributed by atoms with Crippen LogP contribution in [0.15, 0.2) is 52.2 Å². The van der Waals surface area contributed by atoms with Crippen molar-refractivity contribution in [2.45, 2.75) is 0 Å². The number of hydrogen-bond donors (Lipinski definition) is 1. The number of aromatic nitrogens is 1. The fraction of sp³-hybridized carbons (Fsp3) is 0.0714. The number of nitrogens with one attached hydrogen (secondary N) is 1. The van der Waals surface area contributed by atoms with Crippen molar-refractivity contribution in [1.29, 1.82) is 0 Å². The lowest BCUT2D eigenvalue weighted by molar-refractivity contribution is -0.123. The monoisotopic (exact) mass is 367 g/mol. The molecule has 0 aliphatic carbocycles. The van der Waals surface area contributed by atoms with Gasteiger partial charge in [0.2, 0.25) is 0 Å². The van der Waals surface area contributed by atoms with Gasteiger partial charge in [0.15, 0.2) is 6.61 Å². The Labute approximate surface area is 135 Å². The van der Waals surface area contributed by atoms with E-state index in [0.717, 1.165) is 0 Å². The van der Waals surface area contributed by atoms with E-state index in [4.69, 9.17) is 16.3 Å². The summed E-state index contributed by atoms with van der Waals surface area (Å²) in [7, 11) is 0. The van der Waals surface area contributed by atoms with Crippen molar-refractivity contribution in [3.8, 4) is 5.75 Å². The maximum Gasteiger partial charge on any atom is 0.277 e. The first-order valence-corrected chi connectivity index (χ1v) is 7.13. The van der Waals surface area contributed by atoms with Crippen LogP contribution in [0.25, 0.3) is 0 Å². The van der Waals surface area contributed by atoms with Crippen LogP contribution in [0.5, 0.6) is 5.75 Å². The minimum Gasteiger partial charge on any atom is -0.483 e. The maximum absolute atomic E-state index is 11.6. The van der Waals surface area contributed by atoms with E-state index in [1.165, 1.54) is 6.21 Å². The molecular weight excluding hydrogens is 358 g/mol. The second-order valence-corrected chi connectivity index (χ2v) is 5.20. The molecule has 7 heteroatoms. The predicted molar refractivity (Wildman–Crippen MR) is 84.6 cm³/mol. The van der Waals surface area contributed by atoms with Crippen LogP contribution in [-0.2, 0) is 4.79 Å². The first-order chi connectivity index (χ1) is 10.1. The highest BCUT2D eigenvalue weighted by molar-refractivity contribution is 9.10. The van der Waals surface area contributed by atoms with Crippen LogP contribution in [-0.4, -0.2) is 23.7 Å². The Morgan fingerprint density at radius 3 is 3.00 bits per heavy atom. The van der Waals surface area contributed by atoms with Crippen LogP contribution in [0.4, 0.5) is 0 Å². The fourth-order valence-electron chi connectivity index (χ4n) is 1.39. The Morgan fingerprint density at radius 2 is 2.29 bits per heavy atom. The average molecular weight is 369 g/mol. The molecule has 1 amide bonds. The fourth-order valence-corrected chi connectivity index (χ4v) is 2.19. The Balaban J connectivity index is 1.81. The Bertz CT molecular complexity index is 650. The summed E-state index contributed by atoms with van der Waals surface area (Å²) in [5.74, 6) is 0.160. The van der Waals surface area contributed by atoms with Gasteiger partial charge in [0, 0.05) is 11.2 Å². The summed E-state index contributed by atoms with van der Waals surface area (Å²) in [5, 5.41) is 4.37. The molecule has 0 atom stereocenters. The summed E-state index contributed by atoms with van der Waals surface area (Å²) in [4.78, 5) is 15.6. The van der Waals surface area contributed by atoms with Crippen molar-refractivity contribution in [1.82, 2.24) is 10.4 Å². The van der Waals surface area contributed by atoms with E-state index in [0.29, 0.717) is 20.9 Å². The summed E-state index contributed by atoms with van der Waals surface area (Å²) >= 11 is 9.12. The van der Waals surface area contributed by atoms with Gasteiger partial charge in [0.25, 0.3) is 5.91 Å². The molecular formula is C14H11BrClN3O2. The standard InChI is InChI=1S/C14H11BrClN3O2/c15-12-7-10(16)4-5-13(12)21-9-14(20)19-18-8-11-3-1-2-6-17-11/h1-8H,9H2,(H,19,20)/b18-8+. The van der Waals surface area contributed by atoms with Gasteiger partial charge in [-0.05, 0) is 46.3 Å². The second-order valence-electron chi connectivity index (χ2n) is 3.91. The van der Waals surface area contributed by atoms with E-state index >= 15 is 0 Å². The lowest BCUT2D eigenvalue weighted by atomic mass is 10.3. The van der Waals surface area contributed by atoms with Crippen molar-refractivity contribution in [2.75, 3.05) is 6.61 Å².